The van der Waals surface area contributed by atoms with E-state index in [9.17, 15) is 52.7 Å². The Morgan fingerprint density at radius 2 is 0.407 bits per heavy atom. The molecule has 0 aromatic carbocycles. The van der Waals surface area contributed by atoms with E-state index in [0.717, 1.165) is 187 Å². The summed E-state index contributed by atoms with van der Waals surface area (Å²) in [7, 11) is 0. The first-order valence-electron chi connectivity index (χ1n) is 49.9. The van der Waals surface area contributed by atoms with Gasteiger partial charge in [0.25, 0.3) is 0 Å². The molecule has 12 N–H and O–H groups in total. The first kappa shape index (κ1) is 122. The number of carbonyl (C=O) groups excluding carboxylic acids is 11. The van der Waals surface area contributed by atoms with Crippen molar-refractivity contribution in [1.82, 2.24) is 63.8 Å². The Labute approximate surface area is 753 Å². The minimum atomic E-state index is -0.610. The van der Waals surface area contributed by atoms with Crippen LogP contribution in [0.1, 0.15) is 429 Å². The summed E-state index contributed by atoms with van der Waals surface area (Å²) in [4.78, 5) is 141. The van der Waals surface area contributed by atoms with Gasteiger partial charge in [-0.2, -0.15) is 0 Å². The zero-order chi connectivity index (χ0) is 93.5. The SMILES string of the molecule is CC(C)CCCCC(=O)NCCCCC(NC(=O)CCCCC(C)C)C(=O)CC(CCCCNC(C)C)C(=O)NC(C)C.CC(C)CCCCC(=O)NCCCCC(NC(=O)CCCCC(C)C)C(=O)CC(CCCCNC(C)C)C(=O)NC(C)C.CC(C)CCCCC(=O)NCCCCC(NC(C)C)C(=O)CC(CCCCNC(C)C)C(=O)NC(C)C. The maximum absolute atomic E-state index is 13.6. The van der Waals surface area contributed by atoms with Crippen LogP contribution in [-0.2, 0) is 52.7 Å². The fourth-order valence-electron chi connectivity index (χ4n) is 14.5. The van der Waals surface area contributed by atoms with Crippen molar-refractivity contribution < 1.29 is 52.7 Å². The molecule has 722 valence electrons. The van der Waals surface area contributed by atoms with Crippen LogP contribution in [0.25, 0.3) is 0 Å². The van der Waals surface area contributed by atoms with Gasteiger partial charge in [-0.05, 0) is 219 Å². The van der Waals surface area contributed by atoms with Gasteiger partial charge in [0.15, 0.2) is 17.3 Å². The normalized spacial score (nSPS) is 13.1. The molecule has 0 radical (unpaired) electrons. The van der Waals surface area contributed by atoms with Crippen molar-refractivity contribution >= 4 is 64.6 Å². The van der Waals surface area contributed by atoms with Crippen molar-refractivity contribution in [1.29, 1.82) is 0 Å². The van der Waals surface area contributed by atoms with Crippen LogP contribution in [0, 0.1) is 47.3 Å². The lowest BCUT2D eigenvalue weighted by Gasteiger charge is -2.24. The molecular formula is C100H196N12O11. The van der Waals surface area contributed by atoms with Gasteiger partial charge in [0.2, 0.25) is 47.3 Å². The van der Waals surface area contributed by atoms with Gasteiger partial charge in [-0.1, -0.05) is 208 Å². The number of amides is 8. The lowest BCUT2D eigenvalue weighted by Crippen LogP contribution is -2.43. The van der Waals surface area contributed by atoms with E-state index in [0.29, 0.717) is 138 Å². The second-order valence-corrected chi connectivity index (χ2v) is 39.8. The molecule has 0 aromatic rings. The first-order valence-corrected chi connectivity index (χ1v) is 49.9. The van der Waals surface area contributed by atoms with Gasteiger partial charge in [0.05, 0.1) is 18.1 Å². The summed E-state index contributed by atoms with van der Waals surface area (Å²) in [6.45, 7) is 54.8. The van der Waals surface area contributed by atoms with Crippen molar-refractivity contribution in [2.75, 3.05) is 39.3 Å². The van der Waals surface area contributed by atoms with Crippen LogP contribution in [0.2, 0.25) is 0 Å². The number of nitrogens with one attached hydrogen (secondary N) is 12. The van der Waals surface area contributed by atoms with Crippen molar-refractivity contribution in [3.05, 3.63) is 0 Å². The van der Waals surface area contributed by atoms with E-state index in [2.05, 4.69) is 175 Å². The van der Waals surface area contributed by atoms with Crippen LogP contribution in [-0.4, -0.2) is 164 Å². The molecule has 23 heteroatoms. The number of unbranched alkanes of at least 4 members (excludes halogenated alkanes) is 11. The molecule has 0 aliphatic carbocycles. The Bertz CT molecular complexity index is 2590. The molecule has 0 rings (SSSR count). The highest BCUT2D eigenvalue weighted by Gasteiger charge is 2.31. The fourth-order valence-corrected chi connectivity index (χ4v) is 14.5. The molecule has 123 heavy (non-hydrogen) atoms. The molecule has 0 aromatic heterocycles. The summed E-state index contributed by atoms with van der Waals surface area (Å²) >= 11 is 0. The third-order valence-corrected chi connectivity index (χ3v) is 21.6. The van der Waals surface area contributed by atoms with Crippen LogP contribution < -0.4 is 63.8 Å². The predicted octanol–water partition coefficient (Wildman–Crippen LogP) is 18.0. The molecule has 23 nitrogen and oxygen atoms in total. The van der Waals surface area contributed by atoms with Crippen molar-refractivity contribution in [2.45, 2.75) is 490 Å². The van der Waals surface area contributed by atoms with Crippen molar-refractivity contribution in [2.24, 2.45) is 47.3 Å². The number of Topliss-reactive ketones (excluding diaryl/α,β-unsaturated/α-hetero) is 3. The molecular weight excluding hydrogens is 1550 g/mol. The van der Waals surface area contributed by atoms with Crippen molar-refractivity contribution in [3.63, 3.8) is 0 Å². The van der Waals surface area contributed by atoms with Crippen LogP contribution >= 0.6 is 0 Å². The Morgan fingerprint density at radius 1 is 0.195 bits per heavy atom. The number of hydrogen-bond acceptors (Lipinski definition) is 15. The lowest BCUT2D eigenvalue weighted by molar-refractivity contribution is -0.132. The average molecular weight is 1740 g/mol. The van der Waals surface area contributed by atoms with Gasteiger partial charge < -0.3 is 63.8 Å². The summed E-state index contributed by atoms with van der Waals surface area (Å²) < 4.78 is 0. The standard InChI is InChI=1S/2C35H68N4O4.C30H60N4O3/c2*1-26(2)17-9-11-21-33(41)37-24-16-14-20-31(39-34(42)22-12-10-18-27(3)4)32(40)25-30(35(43)38-29(7)8)19-13-15-23-36-28(5)6;1-22(2)15-9-10-18-29(36)32-20-14-12-17-27(33-24(5)6)28(35)21-26(30(37)34-25(7)8)16-11-13-19-31-23(3)4/h2*26-31,36H,9-25H2,1-8H3,(H,37,41)(H,38,43)(H,39,42);22-27,31,33H,9-21H2,1-8H3,(H,32,36)(H,34,37). The van der Waals surface area contributed by atoms with E-state index in [4.69, 9.17) is 0 Å². The molecule has 6 atom stereocenters. The molecule has 0 bridgehead atoms. The predicted molar refractivity (Wildman–Crippen MR) is 513 cm³/mol. The maximum atomic E-state index is 13.6. The van der Waals surface area contributed by atoms with E-state index in [1.807, 2.05) is 55.4 Å². The van der Waals surface area contributed by atoms with Crippen LogP contribution in [0.15, 0.2) is 0 Å². The second kappa shape index (κ2) is 78.8. The highest BCUT2D eigenvalue weighted by Crippen LogP contribution is 2.23. The molecule has 0 fully saturated rings. The number of ketones is 3. The summed E-state index contributed by atoms with van der Waals surface area (Å²) in [5.41, 5.74) is 0. The average Bonchev–Trinajstić information content (AvgIpc) is 0.882. The summed E-state index contributed by atoms with van der Waals surface area (Å²) in [5.74, 6) is 1.97. The summed E-state index contributed by atoms with van der Waals surface area (Å²) in [6.07, 6.45) is 32.1. The topological polar surface area (TPSA) is 332 Å². The quantitative estimate of drug-likeness (QED) is 0.0252. The summed E-state index contributed by atoms with van der Waals surface area (Å²) in [5, 5.41) is 37.6. The van der Waals surface area contributed by atoms with Crippen LogP contribution in [0.3, 0.4) is 0 Å². The Morgan fingerprint density at radius 3 is 0.634 bits per heavy atom. The smallest absolute Gasteiger partial charge is 0.223 e. The summed E-state index contributed by atoms with van der Waals surface area (Å²) in [6, 6.07) is 0.0451. The van der Waals surface area contributed by atoms with Crippen LogP contribution in [0.4, 0.5) is 0 Å². The minimum Gasteiger partial charge on any atom is -0.356 e. The monoisotopic (exact) mass is 1740 g/mol. The first-order chi connectivity index (χ1) is 58.0. The van der Waals surface area contributed by atoms with Gasteiger partial charge in [0.1, 0.15) is 0 Å². The molecule has 8 amide bonds. The fraction of sp³-hybridized carbons (Fsp3) is 0.890. The Balaban J connectivity index is -0.00000176. The zero-order valence-corrected chi connectivity index (χ0v) is 83.6. The van der Waals surface area contributed by atoms with E-state index in [1.54, 1.807) is 0 Å². The number of rotatable bonds is 77. The second-order valence-electron chi connectivity index (χ2n) is 39.8. The van der Waals surface area contributed by atoms with E-state index in [1.165, 1.54) is 6.42 Å². The Hall–Kier alpha value is -5.39. The van der Waals surface area contributed by atoms with Gasteiger partial charge in [-0.15, -0.1) is 0 Å². The third kappa shape index (κ3) is 80.9. The van der Waals surface area contributed by atoms with Gasteiger partial charge >= 0.3 is 0 Å². The molecule has 0 aliphatic heterocycles. The van der Waals surface area contributed by atoms with Crippen LogP contribution in [0.5, 0.6) is 0 Å². The van der Waals surface area contributed by atoms with E-state index >= 15 is 0 Å². The van der Waals surface area contributed by atoms with Gasteiger partial charge in [0, 0.05) is 131 Å². The van der Waals surface area contributed by atoms with Crippen molar-refractivity contribution in [3.8, 4) is 0 Å². The number of hydrogen-bond donors (Lipinski definition) is 12. The number of carbonyl (C=O) groups is 11. The maximum Gasteiger partial charge on any atom is 0.223 e. The third-order valence-electron chi connectivity index (χ3n) is 21.6. The molecule has 0 aliphatic rings. The largest absolute Gasteiger partial charge is 0.356 e. The minimum absolute atomic E-state index is 0.000496. The van der Waals surface area contributed by atoms with E-state index < -0.39 is 23.9 Å². The molecule has 0 saturated heterocycles. The molecule has 0 saturated carbocycles. The highest BCUT2D eigenvalue weighted by molar-refractivity contribution is 5.94. The molecule has 0 heterocycles. The lowest BCUT2D eigenvalue weighted by atomic mass is 9.90. The molecule has 6 unspecified atom stereocenters. The molecule has 0 spiro atoms. The Kier molecular flexibility index (Phi) is 78.0. The highest BCUT2D eigenvalue weighted by atomic mass is 16.2. The van der Waals surface area contributed by atoms with Gasteiger partial charge in [-0.25, -0.2) is 0 Å². The van der Waals surface area contributed by atoms with E-state index in [-0.39, 0.29) is 120 Å². The zero-order valence-electron chi connectivity index (χ0n) is 83.6. The van der Waals surface area contributed by atoms with Gasteiger partial charge in [-0.3, -0.25) is 52.7 Å².